The predicted octanol–water partition coefficient (Wildman–Crippen LogP) is 1.17. The second-order valence-corrected chi connectivity index (χ2v) is 7.11. The standard InChI is InChI=1S/C14H23N3O2S/c15-14-6-3-5-13(11-14)12-20(18,19)16-7-4-10-17-8-1-2-9-17/h3,5-6,11,16H,1-2,4,7-10,12,15H2. The first-order valence-corrected chi connectivity index (χ1v) is 8.74. The Morgan fingerprint density at radius 2 is 2.00 bits per heavy atom. The van der Waals surface area contributed by atoms with E-state index in [0.717, 1.165) is 31.6 Å². The minimum Gasteiger partial charge on any atom is -0.399 e. The van der Waals surface area contributed by atoms with Gasteiger partial charge in [-0.1, -0.05) is 12.1 Å². The molecular formula is C14H23N3O2S. The van der Waals surface area contributed by atoms with Crippen molar-refractivity contribution in [3.63, 3.8) is 0 Å². The first kappa shape index (κ1) is 15.3. The Morgan fingerprint density at radius 1 is 1.25 bits per heavy atom. The summed E-state index contributed by atoms with van der Waals surface area (Å²) in [4.78, 5) is 2.38. The molecule has 2 rings (SSSR count). The van der Waals surface area contributed by atoms with Crippen molar-refractivity contribution in [3.8, 4) is 0 Å². The molecule has 1 aromatic rings. The van der Waals surface area contributed by atoms with Gasteiger partial charge in [0.1, 0.15) is 0 Å². The lowest BCUT2D eigenvalue weighted by Gasteiger charge is -2.14. The summed E-state index contributed by atoms with van der Waals surface area (Å²) >= 11 is 0. The quantitative estimate of drug-likeness (QED) is 0.585. The molecule has 0 radical (unpaired) electrons. The third-order valence-corrected chi connectivity index (χ3v) is 4.84. The number of hydrogen-bond donors (Lipinski definition) is 2. The smallest absolute Gasteiger partial charge is 0.215 e. The van der Waals surface area contributed by atoms with Gasteiger partial charge in [0.15, 0.2) is 0 Å². The molecule has 1 saturated heterocycles. The number of hydrogen-bond acceptors (Lipinski definition) is 4. The summed E-state index contributed by atoms with van der Waals surface area (Å²) < 4.78 is 26.5. The third-order valence-electron chi connectivity index (χ3n) is 3.48. The number of sulfonamides is 1. The summed E-state index contributed by atoms with van der Waals surface area (Å²) in [6.45, 7) is 3.77. The zero-order chi connectivity index (χ0) is 14.4. The molecule has 0 aliphatic carbocycles. The van der Waals surface area contributed by atoms with E-state index in [1.807, 2.05) is 0 Å². The van der Waals surface area contributed by atoms with E-state index in [9.17, 15) is 8.42 Å². The average Bonchev–Trinajstić information content (AvgIpc) is 2.87. The first-order chi connectivity index (χ1) is 9.55. The fourth-order valence-electron chi connectivity index (χ4n) is 2.49. The van der Waals surface area contributed by atoms with E-state index in [4.69, 9.17) is 5.73 Å². The van der Waals surface area contributed by atoms with Crippen LogP contribution in [0.5, 0.6) is 0 Å². The molecule has 6 heteroatoms. The maximum atomic E-state index is 11.9. The minimum atomic E-state index is -3.27. The van der Waals surface area contributed by atoms with Crippen molar-refractivity contribution in [2.24, 2.45) is 0 Å². The molecule has 0 bridgehead atoms. The average molecular weight is 297 g/mol. The molecule has 0 atom stereocenters. The molecule has 20 heavy (non-hydrogen) atoms. The third kappa shape index (κ3) is 5.11. The Balaban J connectivity index is 1.73. The van der Waals surface area contributed by atoms with Crippen LogP contribution in [0.1, 0.15) is 24.8 Å². The second kappa shape index (κ2) is 7.06. The lowest BCUT2D eigenvalue weighted by Crippen LogP contribution is -2.29. The van der Waals surface area contributed by atoms with Crippen LogP contribution in [0.15, 0.2) is 24.3 Å². The Kier molecular flexibility index (Phi) is 5.39. The van der Waals surface area contributed by atoms with Crippen molar-refractivity contribution in [2.75, 3.05) is 31.9 Å². The van der Waals surface area contributed by atoms with E-state index >= 15 is 0 Å². The fourth-order valence-corrected chi connectivity index (χ4v) is 3.67. The van der Waals surface area contributed by atoms with E-state index in [0.29, 0.717) is 12.2 Å². The van der Waals surface area contributed by atoms with Gasteiger partial charge in [0.05, 0.1) is 5.75 Å². The van der Waals surface area contributed by atoms with Crippen molar-refractivity contribution in [2.45, 2.75) is 25.0 Å². The number of nitrogen functional groups attached to an aromatic ring is 1. The summed E-state index contributed by atoms with van der Waals surface area (Å²) in [5, 5.41) is 0. The van der Waals surface area contributed by atoms with E-state index in [1.165, 1.54) is 12.8 Å². The predicted molar refractivity (Wildman–Crippen MR) is 81.8 cm³/mol. The van der Waals surface area contributed by atoms with Gasteiger partial charge in [0.25, 0.3) is 0 Å². The van der Waals surface area contributed by atoms with Crippen molar-refractivity contribution in [1.29, 1.82) is 0 Å². The highest BCUT2D eigenvalue weighted by molar-refractivity contribution is 7.88. The summed E-state index contributed by atoms with van der Waals surface area (Å²) in [5.41, 5.74) is 6.96. The molecule has 0 amide bonds. The lowest BCUT2D eigenvalue weighted by atomic mass is 10.2. The number of nitrogens with zero attached hydrogens (tertiary/aromatic N) is 1. The van der Waals surface area contributed by atoms with Gasteiger partial charge < -0.3 is 10.6 Å². The largest absolute Gasteiger partial charge is 0.399 e. The molecule has 1 fully saturated rings. The SMILES string of the molecule is Nc1cccc(CS(=O)(=O)NCCCN2CCCC2)c1. The molecular weight excluding hydrogens is 274 g/mol. The van der Waals surface area contributed by atoms with Crippen LogP contribution in [0, 0.1) is 0 Å². The molecule has 0 unspecified atom stereocenters. The van der Waals surface area contributed by atoms with Crippen LogP contribution in [0.3, 0.4) is 0 Å². The van der Waals surface area contributed by atoms with Gasteiger partial charge in [-0.05, 0) is 56.6 Å². The van der Waals surface area contributed by atoms with Gasteiger partial charge in [-0.2, -0.15) is 0 Å². The van der Waals surface area contributed by atoms with Crippen LogP contribution >= 0.6 is 0 Å². The Morgan fingerprint density at radius 3 is 2.70 bits per heavy atom. The van der Waals surface area contributed by atoms with E-state index in [-0.39, 0.29) is 5.75 Å². The second-order valence-electron chi connectivity index (χ2n) is 5.30. The Hall–Kier alpha value is -1.11. The molecule has 3 N–H and O–H groups in total. The molecule has 1 heterocycles. The van der Waals surface area contributed by atoms with Crippen molar-refractivity contribution < 1.29 is 8.42 Å². The van der Waals surface area contributed by atoms with Gasteiger partial charge in [-0.25, -0.2) is 13.1 Å². The van der Waals surface area contributed by atoms with Gasteiger partial charge in [0.2, 0.25) is 10.0 Å². The molecule has 0 spiro atoms. The minimum absolute atomic E-state index is 0.0121. The number of anilines is 1. The summed E-state index contributed by atoms with van der Waals surface area (Å²) in [6.07, 6.45) is 3.39. The van der Waals surface area contributed by atoms with Gasteiger partial charge in [-0.15, -0.1) is 0 Å². The summed E-state index contributed by atoms with van der Waals surface area (Å²) in [7, 11) is -3.27. The van der Waals surface area contributed by atoms with Crippen LogP contribution in [0.2, 0.25) is 0 Å². The maximum Gasteiger partial charge on any atom is 0.215 e. The van der Waals surface area contributed by atoms with Gasteiger partial charge in [0, 0.05) is 12.2 Å². The fraction of sp³-hybridized carbons (Fsp3) is 0.571. The normalized spacial score (nSPS) is 16.6. The number of nitrogens with two attached hydrogens (primary N) is 1. The first-order valence-electron chi connectivity index (χ1n) is 7.09. The molecule has 0 saturated carbocycles. The monoisotopic (exact) mass is 297 g/mol. The van der Waals surface area contributed by atoms with Crippen molar-refractivity contribution >= 4 is 15.7 Å². The highest BCUT2D eigenvalue weighted by atomic mass is 32.2. The number of benzene rings is 1. The van der Waals surface area contributed by atoms with Crippen molar-refractivity contribution in [3.05, 3.63) is 29.8 Å². The van der Waals surface area contributed by atoms with Crippen molar-refractivity contribution in [1.82, 2.24) is 9.62 Å². The maximum absolute atomic E-state index is 11.9. The highest BCUT2D eigenvalue weighted by Gasteiger charge is 2.13. The molecule has 112 valence electrons. The molecule has 5 nitrogen and oxygen atoms in total. The molecule has 1 aromatic carbocycles. The molecule has 1 aliphatic rings. The van der Waals surface area contributed by atoms with Crippen LogP contribution in [-0.2, 0) is 15.8 Å². The van der Waals surface area contributed by atoms with Crippen LogP contribution in [0.25, 0.3) is 0 Å². The van der Waals surface area contributed by atoms with Crippen LogP contribution in [-0.4, -0.2) is 39.5 Å². The van der Waals surface area contributed by atoms with E-state index < -0.39 is 10.0 Å². The zero-order valence-corrected chi connectivity index (χ0v) is 12.5. The number of nitrogens with one attached hydrogen (secondary N) is 1. The van der Waals surface area contributed by atoms with E-state index in [2.05, 4.69) is 9.62 Å². The summed E-state index contributed by atoms with van der Waals surface area (Å²) in [5.74, 6) is -0.0121. The lowest BCUT2D eigenvalue weighted by molar-refractivity contribution is 0.334. The molecule has 0 aromatic heterocycles. The zero-order valence-electron chi connectivity index (χ0n) is 11.7. The topological polar surface area (TPSA) is 75.4 Å². The number of rotatable bonds is 7. The Bertz CT molecular complexity index is 525. The van der Waals surface area contributed by atoms with Crippen LogP contribution < -0.4 is 10.5 Å². The highest BCUT2D eigenvalue weighted by Crippen LogP contribution is 2.10. The van der Waals surface area contributed by atoms with Gasteiger partial charge >= 0.3 is 0 Å². The summed E-state index contributed by atoms with van der Waals surface area (Å²) in [6, 6.07) is 7.00. The van der Waals surface area contributed by atoms with Gasteiger partial charge in [-0.3, -0.25) is 0 Å². The van der Waals surface area contributed by atoms with E-state index in [1.54, 1.807) is 24.3 Å². The van der Waals surface area contributed by atoms with Crippen LogP contribution in [0.4, 0.5) is 5.69 Å². The molecule has 1 aliphatic heterocycles. The number of likely N-dealkylation sites (tertiary alicyclic amines) is 1. The Labute approximate surface area is 121 Å².